The van der Waals surface area contributed by atoms with E-state index >= 15 is 0 Å². The van der Waals surface area contributed by atoms with E-state index in [4.69, 9.17) is 0 Å². The third kappa shape index (κ3) is 4.75. The van der Waals surface area contributed by atoms with E-state index in [1.54, 1.807) is 6.92 Å². The van der Waals surface area contributed by atoms with Crippen LogP contribution >= 0.6 is 0 Å². The normalized spacial score (nSPS) is 12.8. The number of aromatic nitrogens is 2. The number of hydrogen-bond acceptors (Lipinski definition) is 3. The van der Waals surface area contributed by atoms with Crippen molar-refractivity contribution in [3.05, 3.63) is 59.8 Å². The molecule has 142 valence electrons. The predicted molar refractivity (Wildman–Crippen MR) is 89.9 cm³/mol. The van der Waals surface area contributed by atoms with E-state index in [0.29, 0.717) is 16.6 Å². The smallest absolute Gasteiger partial charge is 0.422 e. The molecule has 5 nitrogen and oxygen atoms in total. The minimum atomic E-state index is -4.43. The fourth-order valence-electron chi connectivity index (χ4n) is 2.47. The molecule has 2 heterocycles. The van der Waals surface area contributed by atoms with Gasteiger partial charge in [0.25, 0.3) is 5.91 Å². The predicted octanol–water partition coefficient (Wildman–Crippen LogP) is 4.13. The molecule has 0 aliphatic heterocycles. The first-order valence-electron chi connectivity index (χ1n) is 7.96. The molecule has 2 N–H and O–H groups in total. The summed E-state index contributed by atoms with van der Waals surface area (Å²) in [7, 11) is 0. The van der Waals surface area contributed by atoms with Crippen molar-refractivity contribution in [3.63, 3.8) is 0 Å². The number of aromatic amines is 1. The maximum absolute atomic E-state index is 13.2. The Bertz CT molecular complexity index is 951. The fraction of sp³-hybridized carbons (Fsp3) is 0.222. The topological polar surface area (TPSA) is 67.0 Å². The number of hydrogen-bond donors (Lipinski definition) is 2. The molecule has 0 aliphatic rings. The van der Waals surface area contributed by atoms with Gasteiger partial charge in [-0.05, 0) is 43.3 Å². The monoisotopic (exact) mass is 381 g/mol. The van der Waals surface area contributed by atoms with Crippen LogP contribution in [0.15, 0.2) is 42.6 Å². The van der Waals surface area contributed by atoms with Gasteiger partial charge in [-0.3, -0.25) is 9.78 Å². The molecule has 1 unspecified atom stereocenters. The van der Waals surface area contributed by atoms with Crippen LogP contribution in [0.3, 0.4) is 0 Å². The molecule has 0 saturated heterocycles. The van der Waals surface area contributed by atoms with Gasteiger partial charge >= 0.3 is 6.18 Å². The average molecular weight is 381 g/mol. The van der Waals surface area contributed by atoms with Crippen LogP contribution in [-0.2, 0) is 0 Å². The molecule has 0 bridgehead atoms. The lowest BCUT2D eigenvalue weighted by molar-refractivity contribution is -0.153. The number of pyridine rings is 1. The Kier molecular flexibility index (Phi) is 5.02. The van der Waals surface area contributed by atoms with E-state index in [9.17, 15) is 22.4 Å². The summed E-state index contributed by atoms with van der Waals surface area (Å²) in [5.41, 5.74) is 1.33. The van der Waals surface area contributed by atoms with Crippen molar-refractivity contribution in [3.8, 4) is 5.75 Å². The van der Waals surface area contributed by atoms with Gasteiger partial charge in [0.15, 0.2) is 6.61 Å². The van der Waals surface area contributed by atoms with Crippen LogP contribution in [-0.4, -0.2) is 28.7 Å². The summed E-state index contributed by atoms with van der Waals surface area (Å²) >= 11 is 0. The third-order valence-electron chi connectivity index (χ3n) is 3.78. The second kappa shape index (κ2) is 7.26. The quantitative estimate of drug-likeness (QED) is 0.653. The van der Waals surface area contributed by atoms with Crippen molar-refractivity contribution in [1.82, 2.24) is 15.3 Å². The lowest BCUT2D eigenvalue weighted by Gasteiger charge is -2.14. The Morgan fingerprint density at radius 2 is 2.04 bits per heavy atom. The van der Waals surface area contributed by atoms with Crippen molar-refractivity contribution in [2.24, 2.45) is 0 Å². The summed E-state index contributed by atoms with van der Waals surface area (Å²) in [5, 5.41) is 3.28. The number of amides is 1. The lowest BCUT2D eigenvalue weighted by atomic mass is 10.2. The molecule has 1 aromatic carbocycles. The Labute approximate surface area is 151 Å². The summed E-state index contributed by atoms with van der Waals surface area (Å²) in [5.74, 6) is -0.843. The molecule has 0 radical (unpaired) electrons. The number of carbonyl (C=O) groups excluding carboxylic acids is 1. The Balaban J connectivity index is 1.65. The number of nitrogens with one attached hydrogen (secondary N) is 2. The summed E-state index contributed by atoms with van der Waals surface area (Å²) in [6.07, 6.45) is -3.27. The van der Waals surface area contributed by atoms with Crippen LogP contribution in [0.5, 0.6) is 5.75 Å². The molecular weight excluding hydrogens is 366 g/mol. The van der Waals surface area contributed by atoms with E-state index in [2.05, 4.69) is 20.0 Å². The van der Waals surface area contributed by atoms with E-state index in [1.165, 1.54) is 36.4 Å². The molecule has 27 heavy (non-hydrogen) atoms. The highest BCUT2D eigenvalue weighted by atomic mass is 19.4. The van der Waals surface area contributed by atoms with Crippen molar-refractivity contribution in [1.29, 1.82) is 0 Å². The standard InChI is InChI=1S/C18H15F4N3O2/c1-10(14-5-3-13(8-23-14)27-9-18(20,21)22)24-17(26)16-7-11-6-12(19)2-4-15(11)25-16/h2-8,10,25H,9H2,1H3,(H,24,26). The lowest BCUT2D eigenvalue weighted by Crippen LogP contribution is -2.27. The molecule has 3 aromatic rings. The highest BCUT2D eigenvalue weighted by Gasteiger charge is 2.28. The largest absolute Gasteiger partial charge is 0.483 e. The second-order valence-corrected chi connectivity index (χ2v) is 5.93. The van der Waals surface area contributed by atoms with Crippen molar-refractivity contribution in [2.75, 3.05) is 6.61 Å². The molecule has 2 aromatic heterocycles. The van der Waals surface area contributed by atoms with Gasteiger partial charge in [0.1, 0.15) is 17.3 Å². The number of H-pyrrole nitrogens is 1. The Morgan fingerprint density at radius 3 is 2.70 bits per heavy atom. The first-order valence-corrected chi connectivity index (χ1v) is 7.96. The van der Waals surface area contributed by atoms with Crippen LogP contribution in [0.25, 0.3) is 10.9 Å². The molecule has 9 heteroatoms. The number of carbonyl (C=O) groups is 1. The van der Waals surface area contributed by atoms with Crippen molar-refractivity contribution in [2.45, 2.75) is 19.1 Å². The zero-order valence-electron chi connectivity index (χ0n) is 14.1. The van der Waals surface area contributed by atoms with Crippen LogP contribution in [0.4, 0.5) is 17.6 Å². The van der Waals surface area contributed by atoms with Gasteiger partial charge in [-0.15, -0.1) is 0 Å². The van der Waals surface area contributed by atoms with Gasteiger partial charge in [0, 0.05) is 10.9 Å². The van der Waals surface area contributed by atoms with Crippen molar-refractivity contribution >= 4 is 16.8 Å². The maximum atomic E-state index is 13.2. The number of rotatable bonds is 5. The van der Waals surface area contributed by atoms with Crippen LogP contribution in [0.2, 0.25) is 0 Å². The highest BCUT2D eigenvalue weighted by molar-refractivity contribution is 5.98. The molecular formula is C18H15F4N3O2. The molecule has 0 aliphatic carbocycles. The summed E-state index contributed by atoms with van der Waals surface area (Å²) in [6, 6.07) is 7.98. The molecule has 3 rings (SSSR count). The van der Waals surface area contributed by atoms with Crippen LogP contribution in [0.1, 0.15) is 29.1 Å². The minimum Gasteiger partial charge on any atom is -0.483 e. The number of halogens is 4. The number of benzene rings is 1. The SMILES string of the molecule is CC(NC(=O)c1cc2cc(F)ccc2[nH]1)c1ccc(OCC(F)(F)F)cn1. The van der Waals surface area contributed by atoms with Gasteiger partial charge in [0.2, 0.25) is 0 Å². The highest BCUT2D eigenvalue weighted by Crippen LogP contribution is 2.20. The van der Waals surface area contributed by atoms with Gasteiger partial charge in [-0.25, -0.2) is 4.39 Å². The van der Waals surface area contributed by atoms with Gasteiger partial charge in [0.05, 0.1) is 17.9 Å². The van der Waals surface area contributed by atoms with E-state index in [0.717, 1.165) is 6.20 Å². The van der Waals surface area contributed by atoms with Gasteiger partial charge < -0.3 is 15.0 Å². The summed E-state index contributed by atoms with van der Waals surface area (Å²) < 4.78 is 54.2. The molecule has 0 saturated carbocycles. The Morgan fingerprint density at radius 1 is 1.26 bits per heavy atom. The first kappa shape index (κ1) is 18.7. The maximum Gasteiger partial charge on any atom is 0.422 e. The van der Waals surface area contributed by atoms with E-state index < -0.39 is 30.5 Å². The molecule has 0 spiro atoms. The Hall–Kier alpha value is -3.10. The third-order valence-corrected chi connectivity index (χ3v) is 3.78. The molecule has 1 amide bonds. The van der Waals surface area contributed by atoms with Crippen molar-refractivity contribution < 1.29 is 27.1 Å². The average Bonchev–Trinajstić information content (AvgIpc) is 3.03. The number of ether oxygens (including phenoxy) is 1. The first-order chi connectivity index (χ1) is 12.7. The fourth-order valence-corrected chi connectivity index (χ4v) is 2.47. The van der Waals surface area contributed by atoms with Crippen LogP contribution in [0, 0.1) is 5.82 Å². The zero-order valence-corrected chi connectivity index (χ0v) is 14.1. The molecule has 0 fully saturated rings. The number of alkyl halides is 3. The van der Waals surface area contributed by atoms with Gasteiger partial charge in [-0.2, -0.15) is 13.2 Å². The van der Waals surface area contributed by atoms with Gasteiger partial charge in [-0.1, -0.05) is 0 Å². The zero-order chi connectivity index (χ0) is 19.6. The number of fused-ring (bicyclic) bond motifs is 1. The second-order valence-electron chi connectivity index (χ2n) is 5.93. The molecule has 1 atom stereocenters. The summed E-state index contributed by atoms with van der Waals surface area (Å²) in [6.45, 7) is 0.278. The minimum absolute atomic E-state index is 0.0211. The van der Waals surface area contributed by atoms with E-state index in [-0.39, 0.29) is 11.4 Å². The summed E-state index contributed by atoms with van der Waals surface area (Å²) in [4.78, 5) is 19.3. The van der Waals surface area contributed by atoms with Crippen LogP contribution < -0.4 is 10.1 Å². The number of nitrogens with zero attached hydrogens (tertiary/aromatic N) is 1. The van der Waals surface area contributed by atoms with E-state index in [1.807, 2.05) is 0 Å².